The monoisotopic (exact) mass is 288 g/mol. The van der Waals surface area contributed by atoms with Crippen molar-refractivity contribution in [1.29, 1.82) is 0 Å². The van der Waals surface area contributed by atoms with E-state index in [1.54, 1.807) is 12.1 Å². The molecule has 15 heavy (non-hydrogen) atoms. The topological polar surface area (TPSA) is 17.1 Å². The lowest BCUT2D eigenvalue weighted by Gasteiger charge is -2.01. The van der Waals surface area contributed by atoms with Gasteiger partial charge < -0.3 is 0 Å². The highest BCUT2D eigenvalue weighted by Gasteiger charge is 2.05. The number of halogens is 2. The standard InChI is InChI=1S/C12H14BrClO/c13-8-3-1-2-7-12(15)10-5-4-6-11(14)9-10/h4-6,9H,1-3,7-8H2. The third-order valence-electron chi connectivity index (χ3n) is 2.18. The van der Waals surface area contributed by atoms with Gasteiger partial charge in [-0.2, -0.15) is 0 Å². The van der Waals surface area contributed by atoms with E-state index in [1.165, 1.54) is 0 Å². The summed E-state index contributed by atoms with van der Waals surface area (Å²) in [5.41, 5.74) is 0.723. The van der Waals surface area contributed by atoms with Gasteiger partial charge in [-0.3, -0.25) is 4.79 Å². The van der Waals surface area contributed by atoms with Crippen LogP contribution < -0.4 is 0 Å². The average molecular weight is 290 g/mol. The molecule has 1 aromatic carbocycles. The summed E-state index contributed by atoms with van der Waals surface area (Å²) in [4.78, 5) is 11.7. The van der Waals surface area contributed by atoms with Gasteiger partial charge in [-0.25, -0.2) is 0 Å². The quantitative estimate of drug-likeness (QED) is 0.429. The van der Waals surface area contributed by atoms with Crippen LogP contribution in [0.3, 0.4) is 0 Å². The van der Waals surface area contributed by atoms with E-state index >= 15 is 0 Å². The van der Waals surface area contributed by atoms with E-state index in [9.17, 15) is 4.79 Å². The van der Waals surface area contributed by atoms with Crippen molar-refractivity contribution in [3.63, 3.8) is 0 Å². The van der Waals surface area contributed by atoms with Crippen LogP contribution in [-0.4, -0.2) is 11.1 Å². The Balaban J connectivity index is 2.40. The SMILES string of the molecule is O=C(CCCCCBr)c1cccc(Cl)c1. The molecule has 0 saturated carbocycles. The zero-order valence-corrected chi connectivity index (χ0v) is 10.9. The molecule has 0 aromatic heterocycles. The lowest BCUT2D eigenvalue weighted by Crippen LogP contribution is -1.98. The summed E-state index contributed by atoms with van der Waals surface area (Å²) in [7, 11) is 0. The molecular formula is C12H14BrClO. The lowest BCUT2D eigenvalue weighted by molar-refractivity contribution is 0.0979. The largest absolute Gasteiger partial charge is 0.294 e. The van der Waals surface area contributed by atoms with Gasteiger partial charge in [-0.1, -0.05) is 46.1 Å². The summed E-state index contributed by atoms with van der Waals surface area (Å²) in [5.74, 6) is 0.187. The van der Waals surface area contributed by atoms with Crippen LogP contribution in [0.2, 0.25) is 5.02 Å². The first-order chi connectivity index (χ1) is 7.24. The van der Waals surface area contributed by atoms with Crippen molar-refractivity contribution in [3.05, 3.63) is 34.9 Å². The molecular weight excluding hydrogens is 275 g/mol. The Kier molecular flexibility index (Phi) is 5.96. The maximum Gasteiger partial charge on any atom is 0.162 e. The number of carbonyl (C=O) groups is 1. The molecule has 0 aliphatic carbocycles. The predicted molar refractivity (Wildman–Crippen MR) is 68.0 cm³/mol. The van der Waals surface area contributed by atoms with E-state index < -0.39 is 0 Å². The van der Waals surface area contributed by atoms with Crippen molar-refractivity contribution < 1.29 is 4.79 Å². The summed E-state index contributed by atoms with van der Waals surface area (Å²) < 4.78 is 0. The second-order valence-electron chi connectivity index (χ2n) is 3.43. The van der Waals surface area contributed by atoms with Crippen LogP contribution in [0.15, 0.2) is 24.3 Å². The van der Waals surface area contributed by atoms with E-state index in [1.807, 2.05) is 12.1 Å². The zero-order valence-electron chi connectivity index (χ0n) is 8.51. The number of hydrogen-bond acceptors (Lipinski definition) is 1. The normalized spacial score (nSPS) is 10.3. The van der Waals surface area contributed by atoms with E-state index in [0.29, 0.717) is 11.4 Å². The van der Waals surface area contributed by atoms with Crippen molar-refractivity contribution in [1.82, 2.24) is 0 Å². The number of rotatable bonds is 6. The van der Waals surface area contributed by atoms with Gasteiger partial charge in [0.15, 0.2) is 5.78 Å². The van der Waals surface area contributed by atoms with Crippen LogP contribution in [0.5, 0.6) is 0 Å². The summed E-state index contributed by atoms with van der Waals surface area (Å²) >= 11 is 9.18. The summed E-state index contributed by atoms with van der Waals surface area (Å²) in [5, 5.41) is 1.64. The van der Waals surface area contributed by atoms with Crippen molar-refractivity contribution >= 4 is 33.3 Å². The fourth-order valence-corrected chi connectivity index (χ4v) is 1.95. The van der Waals surface area contributed by atoms with E-state index in [4.69, 9.17) is 11.6 Å². The molecule has 1 nitrogen and oxygen atoms in total. The highest BCUT2D eigenvalue weighted by Crippen LogP contribution is 2.14. The Morgan fingerprint density at radius 2 is 2.07 bits per heavy atom. The minimum Gasteiger partial charge on any atom is -0.294 e. The van der Waals surface area contributed by atoms with Gasteiger partial charge in [0, 0.05) is 22.3 Å². The van der Waals surface area contributed by atoms with Gasteiger partial charge in [-0.05, 0) is 25.0 Å². The van der Waals surface area contributed by atoms with Crippen LogP contribution in [0.4, 0.5) is 0 Å². The van der Waals surface area contributed by atoms with E-state index in [2.05, 4.69) is 15.9 Å². The number of alkyl halides is 1. The third-order valence-corrected chi connectivity index (χ3v) is 2.98. The number of hydrogen-bond donors (Lipinski definition) is 0. The van der Waals surface area contributed by atoms with E-state index in [-0.39, 0.29) is 5.78 Å². The summed E-state index contributed by atoms with van der Waals surface area (Å²) in [6, 6.07) is 7.14. The third kappa shape index (κ3) is 4.80. The molecule has 0 fully saturated rings. The van der Waals surface area contributed by atoms with Gasteiger partial charge in [0.2, 0.25) is 0 Å². The van der Waals surface area contributed by atoms with Crippen molar-refractivity contribution in [2.75, 3.05) is 5.33 Å². The minimum atomic E-state index is 0.187. The first-order valence-electron chi connectivity index (χ1n) is 5.09. The van der Waals surface area contributed by atoms with Gasteiger partial charge in [-0.15, -0.1) is 0 Å². The van der Waals surface area contributed by atoms with Gasteiger partial charge in [0.25, 0.3) is 0 Å². The highest BCUT2D eigenvalue weighted by molar-refractivity contribution is 9.09. The van der Waals surface area contributed by atoms with Crippen LogP contribution in [0.25, 0.3) is 0 Å². The predicted octanol–water partition coefficient (Wildman–Crippen LogP) is 4.48. The number of benzene rings is 1. The molecule has 0 aliphatic rings. The number of Topliss-reactive ketones (excluding diaryl/α,β-unsaturated/α-hetero) is 1. The molecule has 0 N–H and O–H groups in total. The van der Waals surface area contributed by atoms with Crippen molar-refractivity contribution in [2.45, 2.75) is 25.7 Å². The first-order valence-corrected chi connectivity index (χ1v) is 6.58. The molecule has 0 heterocycles. The molecule has 0 unspecified atom stereocenters. The van der Waals surface area contributed by atoms with Crippen LogP contribution >= 0.6 is 27.5 Å². The average Bonchev–Trinajstić information content (AvgIpc) is 2.24. The highest BCUT2D eigenvalue weighted by atomic mass is 79.9. The molecule has 3 heteroatoms. The molecule has 0 bridgehead atoms. The minimum absolute atomic E-state index is 0.187. The van der Waals surface area contributed by atoms with Gasteiger partial charge in [0.1, 0.15) is 0 Å². The fourth-order valence-electron chi connectivity index (χ4n) is 1.36. The molecule has 1 rings (SSSR count). The number of unbranched alkanes of at least 4 members (excludes halogenated alkanes) is 2. The van der Waals surface area contributed by atoms with Crippen molar-refractivity contribution in [2.24, 2.45) is 0 Å². The Hall–Kier alpha value is -0.340. The second kappa shape index (κ2) is 7.02. The summed E-state index contributed by atoms with van der Waals surface area (Å²) in [6.45, 7) is 0. The molecule has 0 spiro atoms. The number of carbonyl (C=O) groups excluding carboxylic acids is 1. The van der Waals surface area contributed by atoms with E-state index in [0.717, 1.165) is 30.2 Å². The molecule has 0 aliphatic heterocycles. The summed E-state index contributed by atoms with van der Waals surface area (Å²) in [6.07, 6.45) is 3.80. The Bertz CT molecular complexity index is 325. The van der Waals surface area contributed by atoms with Gasteiger partial charge >= 0.3 is 0 Å². The maximum atomic E-state index is 11.7. The smallest absolute Gasteiger partial charge is 0.162 e. The molecule has 1 aromatic rings. The van der Waals surface area contributed by atoms with Crippen LogP contribution in [0.1, 0.15) is 36.0 Å². The fraction of sp³-hybridized carbons (Fsp3) is 0.417. The first kappa shape index (κ1) is 12.7. The van der Waals surface area contributed by atoms with Gasteiger partial charge in [0.05, 0.1) is 0 Å². The molecule has 0 amide bonds. The Morgan fingerprint density at radius 3 is 2.73 bits per heavy atom. The number of ketones is 1. The molecule has 82 valence electrons. The Labute approximate surface area is 104 Å². The van der Waals surface area contributed by atoms with Crippen molar-refractivity contribution in [3.8, 4) is 0 Å². The lowest BCUT2D eigenvalue weighted by atomic mass is 10.1. The molecule has 0 atom stereocenters. The molecule has 0 saturated heterocycles. The Morgan fingerprint density at radius 1 is 1.27 bits per heavy atom. The van der Waals surface area contributed by atoms with Crippen LogP contribution in [-0.2, 0) is 0 Å². The van der Waals surface area contributed by atoms with Crippen LogP contribution in [0, 0.1) is 0 Å². The maximum absolute atomic E-state index is 11.7. The second-order valence-corrected chi connectivity index (χ2v) is 4.66. The zero-order chi connectivity index (χ0) is 11.1. The molecule has 0 radical (unpaired) electrons.